The molecule has 182 valence electrons. The number of fused-ring (bicyclic) bond motifs is 2. The molecule has 3 aromatic rings. The highest BCUT2D eigenvalue weighted by Gasteiger charge is 2.40. The Balaban J connectivity index is 1.24. The first kappa shape index (κ1) is 22.2. The lowest BCUT2D eigenvalue weighted by molar-refractivity contribution is 0.215. The van der Waals surface area contributed by atoms with E-state index in [-0.39, 0.29) is 5.75 Å². The SMILES string of the molecule is COc1cc(-c2ccc(-c3ncc(N(C4CC4)C4C[C@@H]5CCC[C@@H](C4)N5)nn3)c(O)c2)nnc1C. The second-order valence-electron chi connectivity index (χ2n) is 10.0. The van der Waals surface area contributed by atoms with Crippen LogP contribution in [0.3, 0.4) is 0 Å². The molecular formula is C26H31N7O2. The van der Waals surface area contributed by atoms with Gasteiger partial charge >= 0.3 is 0 Å². The lowest BCUT2D eigenvalue weighted by atomic mass is 9.83. The van der Waals surface area contributed by atoms with Gasteiger partial charge in [0.25, 0.3) is 0 Å². The molecule has 4 heterocycles. The highest BCUT2D eigenvalue weighted by Crippen LogP contribution is 2.38. The minimum Gasteiger partial charge on any atom is -0.507 e. The Morgan fingerprint density at radius 2 is 1.77 bits per heavy atom. The molecule has 0 unspecified atom stereocenters. The Morgan fingerprint density at radius 1 is 0.971 bits per heavy atom. The Bertz CT molecular complexity index is 1200. The summed E-state index contributed by atoms with van der Waals surface area (Å²) in [5.41, 5.74) is 2.60. The van der Waals surface area contributed by atoms with E-state index in [1.165, 1.54) is 32.1 Å². The van der Waals surface area contributed by atoms with Gasteiger partial charge in [-0.1, -0.05) is 12.5 Å². The van der Waals surface area contributed by atoms with Crippen LogP contribution in [0.1, 0.15) is 50.6 Å². The van der Waals surface area contributed by atoms with E-state index in [0.29, 0.717) is 52.7 Å². The van der Waals surface area contributed by atoms with Crippen molar-refractivity contribution in [2.24, 2.45) is 0 Å². The average molecular weight is 474 g/mol. The Hall–Kier alpha value is -3.33. The Kier molecular flexibility index (Phi) is 5.72. The van der Waals surface area contributed by atoms with Gasteiger partial charge in [0.05, 0.1) is 24.6 Å². The molecule has 3 aliphatic rings. The van der Waals surface area contributed by atoms with Crippen LogP contribution in [0, 0.1) is 6.92 Å². The lowest BCUT2D eigenvalue weighted by Crippen LogP contribution is -2.55. The highest BCUT2D eigenvalue weighted by atomic mass is 16.5. The van der Waals surface area contributed by atoms with Gasteiger partial charge in [-0.15, -0.1) is 15.3 Å². The van der Waals surface area contributed by atoms with Crippen LogP contribution in [-0.4, -0.2) is 61.8 Å². The predicted molar refractivity (Wildman–Crippen MR) is 132 cm³/mol. The van der Waals surface area contributed by atoms with Crippen LogP contribution in [0.4, 0.5) is 5.82 Å². The van der Waals surface area contributed by atoms with Crippen LogP contribution in [0.15, 0.2) is 30.5 Å². The van der Waals surface area contributed by atoms with Crippen molar-refractivity contribution in [2.75, 3.05) is 12.0 Å². The van der Waals surface area contributed by atoms with Gasteiger partial charge in [0.15, 0.2) is 11.6 Å². The first-order chi connectivity index (χ1) is 17.1. The second kappa shape index (κ2) is 9.03. The molecule has 0 spiro atoms. The maximum absolute atomic E-state index is 10.8. The monoisotopic (exact) mass is 473 g/mol. The number of ether oxygens (including phenoxy) is 1. The molecule has 2 saturated heterocycles. The van der Waals surface area contributed by atoms with E-state index >= 15 is 0 Å². The van der Waals surface area contributed by atoms with Crippen molar-refractivity contribution < 1.29 is 9.84 Å². The normalized spacial score (nSPS) is 23.7. The third-order valence-electron chi connectivity index (χ3n) is 7.52. The number of aromatic hydroxyl groups is 1. The van der Waals surface area contributed by atoms with Crippen molar-refractivity contribution in [3.63, 3.8) is 0 Å². The van der Waals surface area contributed by atoms with E-state index in [1.54, 1.807) is 19.2 Å². The molecule has 0 amide bonds. The van der Waals surface area contributed by atoms with Gasteiger partial charge in [-0.25, -0.2) is 4.98 Å². The fourth-order valence-corrected chi connectivity index (χ4v) is 5.66. The zero-order valence-corrected chi connectivity index (χ0v) is 20.2. The van der Waals surface area contributed by atoms with Gasteiger partial charge in [-0.05, 0) is 57.6 Å². The van der Waals surface area contributed by atoms with Crippen LogP contribution in [-0.2, 0) is 0 Å². The molecule has 2 N–H and O–H groups in total. The summed E-state index contributed by atoms with van der Waals surface area (Å²) < 4.78 is 5.35. The molecule has 2 aromatic heterocycles. The zero-order valence-electron chi connectivity index (χ0n) is 20.2. The summed E-state index contributed by atoms with van der Waals surface area (Å²) in [5, 5.41) is 31.9. The third kappa shape index (κ3) is 4.40. The maximum Gasteiger partial charge on any atom is 0.185 e. The molecule has 0 radical (unpaired) electrons. The number of phenols is 1. The molecule has 1 aliphatic carbocycles. The molecule has 6 rings (SSSR count). The summed E-state index contributed by atoms with van der Waals surface area (Å²) in [6, 6.07) is 9.38. The van der Waals surface area contributed by atoms with Gasteiger partial charge in [-0.2, -0.15) is 5.10 Å². The number of aromatic nitrogens is 5. The summed E-state index contributed by atoms with van der Waals surface area (Å²) in [7, 11) is 1.60. The first-order valence-electron chi connectivity index (χ1n) is 12.5. The fourth-order valence-electron chi connectivity index (χ4n) is 5.66. The molecule has 2 atom stereocenters. The summed E-state index contributed by atoms with van der Waals surface area (Å²) >= 11 is 0. The van der Waals surface area contributed by atoms with E-state index in [4.69, 9.17) is 4.74 Å². The van der Waals surface area contributed by atoms with Crippen LogP contribution in [0.2, 0.25) is 0 Å². The quantitative estimate of drug-likeness (QED) is 0.554. The van der Waals surface area contributed by atoms with Crippen molar-refractivity contribution in [1.29, 1.82) is 0 Å². The molecule has 1 saturated carbocycles. The Morgan fingerprint density at radius 3 is 2.43 bits per heavy atom. The van der Waals surface area contributed by atoms with Gasteiger partial charge in [0.2, 0.25) is 0 Å². The summed E-state index contributed by atoms with van der Waals surface area (Å²) in [6.07, 6.45) is 10.4. The molecule has 1 aromatic carbocycles. The van der Waals surface area contributed by atoms with Crippen molar-refractivity contribution in [3.05, 3.63) is 36.2 Å². The summed E-state index contributed by atoms with van der Waals surface area (Å²) in [4.78, 5) is 7.08. The number of nitrogens with zero attached hydrogens (tertiary/aromatic N) is 6. The highest BCUT2D eigenvalue weighted by molar-refractivity contribution is 5.71. The fraction of sp³-hybridized carbons (Fsp3) is 0.500. The van der Waals surface area contributed by atoms with Gasteiger partial charge in [0, 0.05) is 35.8 Å². The van der Waals surface area contributed by atoms with Crippen LogP contribution in [0.5, 0.6) is 11.5 Å². The van der Waals surface area contributed by atoms with E-state index < -0.39 is 0 Å². The van der Waals surface area contributed by atoms with Crippen LogP contribution in [0.25, 0.3) is 22.6 Å². The van der Waals surface area contributed by atoms with Gasteiger partial charge in [0.1, 0.15) is 17.2 Å². The van der Waals surface area contributed by atoms with E-state index in [1.807, 2.05) is 25.3 Å². The van der Waals surface area contributed by atoms with E-state index in [9.17, 15) is 5.11 Å². The number of piperidine rings is 2. The largest absolute Gasteiger partial charge is 0.507 e. The smallest absolute Gasteiger partial charge is 0.185 e. The number of hydrogen-bond donors (Lipinski definition) is 2. The number of benzene rings is 1. The number of methoxy groups -OCH3 is 1. The molecule has 2 bridgehead atoms. The molecule has 9 heteroatoms. The average Bonchev–Trinajstić information content (AvgIpc) is 3.70. The summed E-state index contributed by atoms with van der Waals surface area (Å²) in [6.45, 7) is 1.84. The number of hydrogen-bond acceptors (Lipinski definition) is 9. The third-order valence-corrected chi connectivity index (χ3v) is 7.52. The van der Waals surface area contributed by atoms with Crippen molar-refractivity contribution in [3.8, 4) is 34.1 Å². The molecule has 9 nitrogen and oxygen atoms in total. The second-order valence-corrected chi connectivity index (χ2v) is 10.0. The Labute approximate surface area is 205 Å². The first-order valence-corrected chi connectivity index (χ1v) is 12.5. The van der Waals surface area contributed by atoms with E-state index in [0.717, 1.165) is 24.2 Å². The summed E-state index contributed by atoms with van der Waals surface area (Å²) in [5.74, 6) is 1.98. The van der Waals surface area contributed by atoms with Crippen molar-refractivity contribution in [2.45, 2.75) is 76.0 Å². The predicted octanol–water partition coefficient (Wildman–Crippen LogP) is 3.66. The van der Waals surface area contributed by atoms with E-state index in [2.05, 4.69) is 35.6 Å². The minimum absolute atomic E-state index is 0.0728. The molecule has 2 aliphatic heterocycles. The minimum atomic E-state index is 0.0728. The number of phenolic OH excluding ortho intramolecular Hbond substituents is 1. The van der Waals surface area contributed by atoms with Crippen molar-refractivity contribution >= 4 is 5.82 Å². The number of aryl methyl sites for hydroxylation is 1. The standard InChI is InChI=1S/C26H31N7O2/c1-15-24(35-2)13-22(30-29-15)16-6-9-21(23(34)10-16)26-27-14-25(31-32-26)33(19-7-8-19)20-11-17-4-3-5-18(12-20)28-17/h6,9-10,13-14,17-20,28,34H,3-5,7-8,11-12H2,1-2H3/t17-,18-/m0/s1. The van der Waals surface area contributed by atoms with Crippen LogP contribution >= 0.6 is 0 Å². The lowest BCUT2D eigenvalue weighted by Gasteiger charge is -2.45. The number of nitrogens with one attached hydrogen (secondary N) is 1. The topological polar surface area (TPSA) is 109 Å². The van der Waals surface area contributed by atoms with Gasteiger partial charge < -0.3 is 20.1 Å². The molecule has 35 heavy (non-hydrogen) atoms. The van der Waals surface area contributed by atoms with Gasteiger partial charge in [-0.3, -0.25) is 0 Å². The van der Waals surface area contributed by atoms with Crippen LogP contribution < -0.4 is 15.0 Å². The number of anilines is 1. The maximum atomic E-state index is 10.8. The molecule has 3 fully saturated rings. The number of rotatable bonds is 6. The molecular weight excluding hydrogens is 442 g/mol. The van der Waals surface area contributed by atoms with Crippen molar-refractivity contribution in [1.82, 2.24) is 30.7 Å². The zero-order chi connectivity index (χ0) is 23.9.